The number of benzene rings is 1. The fraction of sp³-hybridized carbons (Fsp3) is 0.650. The van der Waals surface area contributed by atoms with Gasteiger partial charge in [0, 0.05) is 51.0 Å². The Hall–Kier alpha value is -1.85. The molecule has 1 amide bonds. The van der Waals surface area contributed by atoms with Gasteiger partial charge < -0.3 is 14.4 Å². The quantitative estimate of drug-likeness (QED) is 0.637. The van der Waals surface area contributed by atoms with E-state index in [1.165, 1.54) is 4.90 Å². The number of ether oxygens (including phenoxy) is 2. The van der Waals surface area contributed by atoms with E-state index in [0.29, 0.717) is 71.0 Å². The molecular formula is C20H24F6N2O3. The van der Waals surface area contributed by atoms with E-state index in [9.17, 15) is 31.1 Å². The maximum absolute atomic E-state index is 13.2. The minimum absolute atomic E-state index is 0.0311. The topological polar surface area (TPSA) is 42.0 Å². The first kappa shape index (κ1) is 23.8. The highest BCUT2D eigenvalue weighted by Gasteiger charge is 2.38. The first-order chi connectivity index (χ1) is 14.6. The fourth-order valence-corrected chi connectivity index (χ4v) is 3.76. The van der Waals surface area contributed by atoms with Crippen LogP contribution in [0.3, 0.4) is 0 Å². The van der Waals surface area contributed by atoms with Gasteiger partial charge in [0.1, 0.15) is 0 Å². The number of rotatable bonds is 5. The largest absolute Gasteiger partial charge is 0.416 e. The number of carbonyl (C=O) groups excluding carboxylic acids is 1. The highest BCUT2D eigenvalue weighted by molar-refractivity contribution is 5.95. The lowest BCUT2D eigenvalue weighted by Gasteiger charge is -2.36. The number of hydrogen-bond donors (Lipinski definition) is 0. The van der Waals surface area contributed by atoms with Crippen molar-refractivity contribution < 1.29 is 40.6 Å². The van der Waals surface area contributed by atoms with Crippen LogP contribution in [0, 0.1) is 0 Å². The monoisotopic (exact) mass is 454 g/mol. The van der Waals surface area contributed by atoms with Gasteiger partial charge in [-0.3, -0.25) is 9.69 Å². The third-order valence-corrected chi connectivity index (χ3v) is 5.49. The SMILES string of the molecule is O=C(c1cc(C(F)(F)F)cc(C(F)(F)F)c1)N(CCN1CCOCC1)C1CCOCC1. The Morgan fingerprint density at radius 3 is 1.94 bits per heavy atom. The molecule has 3 rings (SSSR count). The molecule has 5 nitrogen and oxygen atoms in total. The molecule has 2 heterocycles. The van der Waals surface area contributed by atoms with Crippen LogP contribution in [0.1, 0.15) is 34.3 Å². The number of carbonyl (C=O) groups is 1. The molecule has 0 aliphatic carbocycles. The van der Waals surface area contributed by atoms with Gasteiger partial charge in [-0.1, -0.05) is 0 Å². The van der Waals surface area contributed by atoms with E-state index in [1.807, 2.05) is 0 Å². The Labute approximate surface area is 175 Å². The van der Waals surface area contributed by atoms with Crippen LogP contribution in [0.25, 0.3) is 0 Å². The number of amides is 1. The third-order valence-electron chi connectivity index (χ3n) is 5.49. The van der Waals surface area contributed by atoms with E-state index in [1.54, 1.807) is 0 Å². The van der Waals surface area contributed by atoms with Gasteiger partial charge in [-0.05, 0) is 31.0 Å². The number of nitrogens with zero attached hydrogens (tertiary/aromatic N) is 2. The van der Waals surface area contributed by atoms with Gasteiger partial charge in [-0.25, -0.2) is 0 Å². The molecule has 2 aliphatic rings. The highest BCUT2D eigenvalue weighted by Crippen LogP contribution is 2.36. The van der Waals surface area contributed by atoms with Gasteiger partial charge in [0.2, 0.25) is 0 Å². The Morgan fingerprint density at radius 1 is 0.903 bits per heavy atom. The summed E-state index contributed by atoms with van der Waals surface area (Å²) >= 11 is 0. The zero-order valence-electron chi connectivity index (χ0n) is 16.8. The van der Waals surface area contributed by atoms with Crippen molar-refractivity contribution in [2.75, 3.05) is 52.6 Å². The minimum atomic E-state index is -5.01. The summed E-state index contributed by atoms with van der Waals surface area (Å²) in [4.78, 5) is 16.6. The molecule has 0 unspecified atom stereocenters. The van der Waals surface area contributed by atoms with Crippen LogP contribution >= 0.6 is 0 Å². The molecule has 2 saturated heterocycles. The zero-order valence-corrected chi connectivity index (χ0v) is 16.8. The maximum Gasteiger partial charge on any atom is 0.416 e. The van der Waals surface area contributed by atoms with E-state index < -0.39 is 35.0 Å². The van der Waals surface area contributed by atoms with E-state index in [-0.39, 0.29) is 18.7 Å². The molecule has 1 aromatic rings. The summed E-state index contributed by atoms with van der Waals surface area (Å²) in [6.07, 6.45) is -9.07. The van der Waals surface area contributed by atoms with Gasteiger partial charge >= 0.3 is 12.4 Å². The van der Waals surface area contributed by atoms with Gasteiger partial charge in [0.05, 0.1) is 24.3 Å². The van der Waals surface area contributed by atoms with Crippen LogP contribution in [-0.2, 0) is 21.8 Å². The van der Waals surface area contributed by atoms with Gasteiger partial charge in [-0.2, -0.15) is 26.3 Å². The lowest BCUT2D eigenvalue weighted by molar-refractivity contribution is -0.143. The fourth-order valence-electron chi connectivity index (χ4n) is 3.76. The Kier molecular flexibility index (Phi) is 7.48. The van der Waals surface area contributed by atoms with Crippen molar-refractivity contribution >= 4 is 5.91 Å². The minimum Gasteiger partial charge on any atom is -0.381 e. The molecule has 174 valence electrons. The van der Waals surface area contributed by atoms with Gasteiger partial charge in [0.15, 0.2) is 0 Å². The first-order valence-electron chi connectivity index (χ1n) is 10.0. The summed E-state index contributed by atoms with van der Waals surface area (Å²) in [6, 6.07) is 0.715. The van der Waals surface area contributed by atoms with Gasteiger partial charge in [-0.15, -0.1) is 0 Å². The van der Waals surface area contributed by atoms with Crippen molar-refractivity contribution in [2.45, 2.75) is 31.2 Å². The summed E-state index contributed by atoms with van der Waals surface area (Å²) in [5, 5.41) is 0. The molecule has 2 fully saturated rings. The van der Waals surface area contributed by atoms with Crippen LogP contribution in [0.5, 0.6) is 0 Å². The standard InChI is InChI=1S/C20H24F6N2O3/c21-19(22,23)15-11-14(12-16(13-15)20(24,25)26)18(29)28(17-1-7-30-8-2-17)4-3-27-5-9-31-10-6-27/h11-13,17H,1-10H2. The van der Waals surface area contributed by atoms with E-state index in [2.05, 4.69) is 4.90 Å². The highest BCUT2D eigenvalue weighted by atomic mass is 19.4. The molecule has 11 heteroatoms. The van der Waals surface area contributed by atoms with Crippen LogP contribution in [0.4, 0.5) is 26.3 Å². The number of hydrogen-bond acceptors (Lipinski definition) is 4. The molecule has 0 N–H and O–H groups in total. The summed E-state index contributed by atoms with van der Waals surface area (Å²) in [5.74, 6) is -0.836. The molecule has 0 saturated carbocycles. The Balaban J connectivity index is 1.89. The molecule has 1 aromatic carbocycles. The lowest BCUT2D eigenvalue weighted by Crippen LogP contribution is -2.48. The summed E-state index contributed by atoms with van der Waals surface area (Å²) < 4.78 is 89.9. The normalized spacial score (nSPS) is 19.4. The molecule has 0 radical (unpaired) electrons. The number of morpholine rings is 1. The first-order valence-corrected chi connectivity index (χ1v) is 10.0. The van der Waals surface area contributed by atoms with Crippen LogP contribution < -0.4 is 0 Å². The third kappa shape index (κ3) is 6.33. The van der Waals surface area contributed by atoms with E-state index in [4.69, 9.17) is 9.47 Å². The molecular weight excluding hydrogens is 430 g/mol. The van der Waals surface area contributed by atoms with Gasteiger partial charge in [0.25, 0.3) is 5.91 Å². The molecule has 0 atom stereocenters. The molecule has 0 spiro atoms. The second-order valence-electron chi connectivity index (χ2n) is 7.59. The van der Waals surface area contributed by atoms with Crippen molar-refractivity contribution in [1.29, 1.82) is 0 Å². The lowest BCUT2D eigenvalue weighted by atomic mass is 10.0. The summed E-state index contributed by atoms with van der Waals surface area (Å²) in [5.41, 5.74) is -3.60. The second-order valence-corrected chi connectivity index (χ2v) is 7.59. The molecule has 2 aliphatic heterocycles. The predicted octanol–water partition coefficient (Wildman–Crippen LogP) is 3.68. The Morgan fingerprint density at radius 2 is 1.42 bits per heavy atom. The number of halogens is 6. The summed E-state index contributed by atoms with van der Waals surface area (Å²) in [6.45, 7) is 3.78. The van der Waals surface area contributed by atoms with Crippen molar-refractivity contribution in [3.05, 3.63) is 34.9 Å². The average molecular weight is 454 g/mol. The predicted molar refractivity (Wildman–Crippen MR) is 98.6 cm³/mol. The smallest absolute Gasteiger partial charge is 0.381 e. The van der Waals surface area contributed by atoms with Crippen molar-refractivity contribution in [3.63, 3.8) is 0 Å². The van der Waals surface area contributed by atoms with Crippen molar-refractivity contribution in [1.82, 2.24) is 9.80 Å². The van der Waals surface area contributed by atoms with Crippen molar-refractivity contribution in [2.24, 2.45) is 0 Å². The summed E-state index contributed by atoms with van der Waals surface area (Å²) in [7, 11) is 0. The molecule has 31 heavy (non-hydrogen) atoms. The van der Waals surface area contributed by atoms with E-state index >= 15 is 0 Å². The second kappa shape index (κ2) is 9.74. The molecule has 0 aromatic heterocycles. The van der Waals surface area contributed by atoms with Crippen LogP contribution in [0.2, 0.25) is 0 Å². The Bertz CT molecular complexity index is 724. The van der Waals surface area contributed by atoms with E-state index in [0.717, 1.165) is 0 Å². The van der Waals surface area contributed by atoms with Crippen LogP contribution in [-0.4, -0.2) is 74.4 Å². The molecule has 0 bridgehead atoms. The van der Waals surface area contributed by atoms with Crippen LogP contribution in [0.15, 0.2) is 18.2 Å². The average Bonchev–Trinajstić information content (AvgIpc) is 2.73. The zero-order chi connectivity index (χ0) is 22.6. The maximum atomic E-state index is 13.2. The number of alkyl halides is 6. The van der Waals surface area contributed by atoms with Crippen molar-refractivity contribution in [3.8, 4) is 0 Å².